The fourth-order valence-corrected chi connectivity index (χ4v) is 2.67. The van der Waals surface area contributed by atoms with Crippen LogP contribution in [0.4, 0.5) is 0 Å². The van der Waals surface area contributed by atoms with E-state index in [1.54, 1.807) is 0 Å². The third kappa shape index (κ3) is 6.02. The lowest BCUT2D eigenvalue weighted by Crippen LogP contribution is -2.29. The number of nitrogens with two attached hydrogens (primary N) is 1. The zero-order valence-electron chi connectivity index (χ0n) is 13.2. The molecule has 0 aliphatic rings. The quantitative estimate of drug-likeness (QED) is 0.360. The molecule has 1 unspecified atom stereocenters. The van der Waals surface area contributed by atoms with Crippen molar-refractivity contribution >= 4 is 0 Å². The Morgan fingerprint density at radius 3 is 2.45 bits per heavy atom. The molecule has 0 fully saturated rings. The summed E-state index contributed by atoms with van der Waals surface area (Å²) in [5.74, 6) is 5.72. The molecular formula is C17H31N3. The topological polar surface area (TPSA) is 50.9 Å². The normalized spacial score (nSPS) is 12.6. The smallest absolute Gasteiger partial charge is 0.0635 e. The highest BCUT2D eigenvalue weighted by Gasteiger charge is 2.13. The highest BCUT2D eigenvalue weighted by Crippen LogP contribution is 2.21. The lowest BCUT2D eigenvalue weighted by Gasteiger charge is -2.18. The summed E-state index contributed by atoms with van der Waals surface area (Å²) in [5, 5.41) is 0. The zero-order chi connectivity index (χ0) is 14.6. The number of hydrogen-bond donors (Lipinski definition) is 2. The second kappa shape index (κ2) is 10.8. The van der Waals surface area contributed by atoms with Crippen LogP contribution in [0.5, 0.6) is 0 Å². The summed E-state index contributed by atoms with van der Waals surface area (Å²) in [5.41, 5.74) is 5.37. The van der Waals surface area contributed by atoms with Gasteiger partial charge in [-0.05, 0) is 24.5 Å². The van der Waals surface area contributed by atoms with Crippen molar-refractivity contribution in [3.8, 4) is 0 Å². The first kappa shape index (κ1) is 17.1. The van der Waals surface area contributed by atoms with Gasteiger partial charge < -0.3 is 0 Å². The molecule has 1 atom stereocenters. The minimum Gasteiger partial charge on any atom is -0.271 e. The molecule has 0 amide bonds. The van der Waals surface area contributed by atoms with E-state index in [2.05, 4.69) is 30.3 Å². The van der Waals surface area contributed by atoms with Gasteiger partial charge in [-0.25, -0.2) is 0 Å². The highest BCUT2D eigenvalue weighted by molar-refractivity contribution is 5.22. The maximum atomic E-state index is 5.72. The molecule has 1 rings (SSSR count). The van der Waals surface area contributed by atoms with E-state index in [9.17, 15) is 0 Å². The summed E-state index contributed by atoms with van der Waals surface area (Å²) >= 11 is 0. The van der Waals surface area contributed by atoms with E-state index in [1.165, 1.54) is 50.5 Å². The van der Waals surface area contributed by atoms with Crippen LogP contribution in [-0.2, 0) is 6.42 Å². The van der Waals surface area contributed by atoms with E-state index in [1.807, 2.05) is 12.3 Å². The largest absolute Gasteiger partial charge is 0.271 e. The van der Waals surface area contributed by atoms with Crippen LogP contribution in [0.15, 0.2) is 18.3 Å². The molecule has 20 heavy (non-hydrogen) atoms. The van der Waals surface area contributed by atoms with Crippen molar-refractivity contribution in [1.29, 1.82) is 0 Å². The molecule has 0 saturated carbocycles. The Kier molecular flexibility index (Phi) is 9.25. The second-order valence-electron chi connectivity index (χ2n) is 5.53. The molecule has 0 spiro atoms. The van der Waals surface area contributed by atoms with Crippen LogP contribution < -0.4 is 11.3 Å². The number of rotatable bonds is 11. The Morgan fingerprint density at radius 2 is 1.80 bits per heavy atom. The maximum absolute atomic E-state index is 5.72. The fraction of sp³-hybridized carbons (Fsp3) is 0.706. The molecule has 0 aromatic carbocycles. The number of nitrogens with one attached hydrogen (secondary N) is 1. The van der Waals surface area contributed by atoms with Gasteiger partial charge in [0.05, 0.1) is 11.7 Å². The molecule has 0 aliphatic carbocycles. The van der Waals surface area contributed by atoms with Gasteiger partial charge in [-0.1, -0.05) is 64.9 Å². The number of aryl methyl sites for hydroxylation is 1. The summed E-state index contributed by atoms with van der Waals surface area (Å²) in [6.07, 6.45) is 13.3. The molecule has 114 valence electrons. The lowest BCUT2D eigenvalue weighted by atomic mass is 9.99. The first-order chi connectivity index (χ1) is 9.83. The van der Waals surface area contributed by atoms with Gasteiger partial charge in [0, 0.05) is 6.20 Å². The van der Waals surface area contributed by atoms with Crippen LogP contribution in [-0.4, -0.2) is 4.98 Å². The van der Waals surface area contributed by atoms with Gasteiger partial charge in [0.25, 0.3) is 0 Å². The molecule has 0 aliphatic heterocycles. The van der Waals surface area contributed by atoms with Crippen LogP contribution in [0, 0.1) is 0 Å². The van der Waals surface area contributed by atoms with Gasteiger partial charge in [0.15, 0.2) is 0 Å². The van der Waals surface area contributed by atoms with Crippen LogP contribution in [0.2, 0.25) is 0 Å². The van der Waals surface area contributed by atoms with Crippen LogP contribution in [0.1, 0.15) is 82.5 Å². The van der Waals surface area contributed by atoms with Gasteiger partial charge in [0.1, 0.15) is 0 Å². The molecular weight excluding hydrogens is 246 g/mol. The molecule has 3 heteroatoms. The molecule has 0 saturated heterocycles. The van der Waals surface area contributed by atoms with Crippen molar-refractivity contribution in [2.75, 3.05) is 0 Å². The minimum absolute atomic E-state index is 0.196. The Bertz CT molecular complexity index is 352. The third-order valence-electron chi connectivity index (χ3n) is 3.93. The van der Waals surface area contributed by atoms with E-state index in [4.69, 9.17) is 5.84 Å². The number of aromatic nitrogens is 1. The number of pyridine rings is 1. The van der Waals surface area contributed by atoms with Crippen LogP contribution in [0.25, 0.3) is 0 Å². The lowest BCUT2D eigenvalue weighted by molar-refractivity contribution is 0.465. The van der Waals surface area contributed by atoms with E-state index >= 15 is 0 Å². The SMILES string of the molecule is CCCCCCCCCC(NN)c1ncccc1CC. The molecule has 1 aromatic rings. The summed E-state index contributed by atoms with van der Waals surface area (Å²) in [6.45, 7) is 4.43. The monoisotopic (exact) mass is 277 g/mol. The number of nitrogens with zero attached hydrogens (tertiary/aromatic N) is 1. The van der Waals surface area contributed by atoms with E-state index in [0.717, 1.165) is 18.5 Å². The Morgan fingerprint density at radius 1 is 1.10 bits per heavy atom. The van der Waals surface area contributed by atoms with Crippen molar-refractivity contribution in [1.82, 2.24) is 10.4 Å². The van der Waals surface area contributed by atoms with Gasteiger partial charge in [-0.3, -0.25) is 16.3 Å². The first-order valence-electron chi connectivity index (χ1n) is 8.23. The molecule has 0 radical (unpaired) electrons. The number of hydrazine groups is 1. The van der Waals surface area contributed by atoms with Gasteiger partial charge in [-0.2, -0.15) is 0 Å². The Balaban J connectivity index is 2.32. The number of unbranched alkanes of at least 4 members (excludes halogenated alkanes) is 6. The van der Waals surface area contributed by atoms with E-state index in [-0.39, 0.29) is 6.04 Å². The predicted octanol–water partition coefficient (Wildman–Crippen LogP) is 4.29. The maximum Gasteiger partial charge on any atom is 0.0635 e. The van der Waals surface area contributed by atoms with Crippen molar-refractivity contribution in [2.24, 2.45) is 5.84 Å². The minimum atomic E-state index is 0.196. The molecule has 0 bridgehead atoms. The summed E-state index contributed by atoms with van der Waals surface area (Å²) in [6, 6.07) is 4.35. The zero-order valence-corrected chi connectivity index (χ0v) is 13.2. The summed E-state index contributed by atoms with van der Waals surface area (Å²) in [4.78, 5) is 4.52. The fourth-order valence-electron chi connectivity index (χ4n) is 2.67. The Hall–Kier alpha value is -0.930. The van der Waals surface area contributed by atoms with Crippen molar-refractivity contribution in [3.05, 3.63) is 29.6 Å². The highest BCUT2D eigenvalue weighted by atomic mass is 15.2. The van der Waals surface area contributed by atoms with E-state index in [0.29, 0.717) is 0 Å². The first-order valence-corrected chi connectivity index (χ1v) is 8.23. The van der Waals surface area contributed by atoms with Crippen molar-refractivity contribution in [3.63, 3.8) is 0 Å². The van der Waals surface area contributed by atoms with Crippen molar-refractivity contribution < 1.29 is 0 Å². The molecule has 1 aromatic heterocycles. The van der Waals surface area contributed by atoms with Crippen LogP contribution >= 0.6 is 0 Å². The Labute approximate surface area is 124 Å². The summed E-state index contributed by atoms with van der Waals surface area (Å²) < 4.78 is 0. The second-order valence-corrected chi connectivity index (χ2v) is 5.53. The van der Waals surface area contributed by atoms with E-state index < -0.39 is 0 Å². The molecule has 3 nitrogen and oxygen atoms in total. The number of hydrogen-bond acceptors (Lipinski definition) is 3. The average Bonchev–Trinajstić information content (AvgIpc) is 2.50. The van der Waals surface area contributed by atoms with Crippen LogP contribution in [0.3, 0.4) is 0 Å². The van der Waals surface area contributed by atoms with Crippen molar-refractivity contribution in [2.45, 2.75) is 77.7 Å². The van der Waals surface area contributed by atoms with Gasteiger partial charge >= 0.3 is 0 Å². The third-order valence-corrected chi connectivity index (χ3v) is 3.93. The van der Waals surface area contributed by atoms with Gasteiger partial charge in [-0.15, -0.1) is 0 Å². The molecule has 3 N–H and O–H groups in total. The standard InChI is InChI=1S/C17H31N3/c1-3-5-6-7-8-9-10-13-16(20-18)17-15(4-2)12-11-14-19-17/h11-12,14,16,20H,3-10,13,18H2,1-2H3. The molecule has 1 heterocycles. The average molecular weight is 277 g/mol. The predicted molar refractivity (Wildman–Crippen MR) is 86.3 cm³/mol. The van der Waals surface area contributed by atoms with Gasteiger partial charge in [0.2, 0.25) is 0 Å². The summed E-state index contributed by atoms with van der Waals surface area (Å²) in [7, 11) is 0.